The second-order valence-electron chi connectivity index (χ2n) is 4.61. The molecule has 0 aliphatic carbocycles. The molecule has 0 aliphatic heterocycles. The molecular weight excluding hydrogens is 236 g/mol. The largest absolute Gasteiger partial charge is 0.468 e. The summed E-state index contributed by atoms with van der Waals surface area (Å²) in [6, 6.07) is 14.5. The van der Waals surface area contributed by atoms with E-state index in [2.05, 4.69) is 47.5 Å². The van der Waals surface area contributed by atoms with Gasteiger partial charge in [-0.2, -0.15) is 0 Å². The molecule has 1 aromatic heterocycles. The molecule has 0 saturated heterocycles. The normalized spacial score (nSPS) is 11.1. The van der Waals surface area contributed by atoms with Crippen molar-refractivity contribution < 1.29 is 4.42 Å². The lowest BCUT2D eigenvalue weighted by Crippen LogP contribution is -2.31. The van der Waals surface area contributed by atoms with E-state index >= 15 is 0 Å². The molecule has 102 valence electrons. The second kappa shape index (κ2) is 7.77. The molecule has 0 aliphatic rings. The minimum Gasteiger partial charge on any atom is -0.468 e. The lowest BCUT2D eigenvalue weighted by atomic mass is 10.2. The van der Waals surface area contributed by atoms with E-state index in [0.29, 0.717) is 0 Å². The van der Waals surface area contributed by atoms with Gasteiger partial charge in [0.05, 0.1) is 12.8 Å². The van der Waals surface area contributed by atoms with Gasteiger partial charge in [-0.25, -0.2) is 0 Å². The van der Waals surface area contributed by atoms with Crippen LogP contribution in [-0.2, 0) is 13.1 Å². The summed E-state index contributed by atoms with van der Waals surface area (Å²) in [5, 5.41) is 3.40. The molecule has 1 aromatic carbocycles. The highest BCUT2D eigenvalue weighted by molar-refractivity contribution is 5.14. The van der Waals surface area contributed by atoms with Gasteiger partial charge in [0.25, 0.3) is 0 Å². The zero-order valence-corrected chi connectivity index (χ0v) is 11.5. The number of hydrogen-bond acceptors (Lipinski definition) is 3. The molecule has 3 nitrogen and oxygen atoms in total. The van der Waals surface area contributed by atoms with Crippen molar-refractivity contribution in [2.24, 2.45) is 0 Å². The Morgan fingerprint density at radius 3 is 2.63 bits per heavy atom. The highest BCUT2D eigenvalue weighted by Crippen LogP contribution is 2.03. The van der Waals surface area contributed by atoms with Crippen LogP contribution in [0.3, 0.4) is 0 Å². The highest BCUT2D eigenvalue weighted by Gasteiger charge is 2.03. The summed E-state index contributed by atoms with van der Waals surface area (Å²) >= 11 is 0. The summed E-state index contributed by atoms with van der Waals surface area (Å²) in [6.07, 6.45) is 1.71. The average Bonchev–Trinajstić information content (AvgIpc) is 2.96. The van der Waals surface area contributed by atoms with E-state index < -0.39 is 0 Å². The quantitative estimate of drug-likeness (QED) is 0.738. The number of nitrogens with one attached hydrogen (secondary N) is 1. The molecule has 0 atom stereocenters. The van der Waals surface area contributed by atoms with Crippen molar-refractivity contribution in [2.75, 3.05) is 19.6 Å². The van der Waals surface area contributed by atoms with E-state index in [1.807, 2.05) is 12.1 Å². The van der Waals surface area contributed by atoms with Gasteiger partial charge < -0.3 is 9.73 Å². The van der Waals surface area contributed by atoms with E-state index in [4.69, 9.17) is 4.42 Å². The minimum absolute atomic E-state index is 0.801. The van der Waals surface area contributed by atoms with E-state index in [1.54, 1.807) is 6.26 Å². The standard InChI is InChI=1S/C16H22N2O/c1-2-18(14-15-7-4-3-5-8-15)11-10-17-13-16-9-6-12-19-16/h3-9,12,17H,2,10-11,13-14H2,1H3. The molecule has 19 heavy (non-hydrogen) atoms. The fourth-order valence-corrected chi connectivity index (χ4v) is 2.05. The summed E-state index contributed by atoms with van der Waals surface area (Å²) in [6.45, 7) is 7.11. The SMILES string of the molecule is CCN(CCNCc1ccco1)Cc1ccccc1. The van der Waals surface area contributed by atoms with Crippen LogP contribution in [0, 0.1) is 0 Å². The predicted octanol–water partition coefficient (Wildman–Crippen LogP) is 2.89. The van der Waals surface area contributed by atoms with E-state index in [9.17, 15) is 0 Å². The van der Waals surface area contributed by atoms with Gasteiger partial charge in [-0.15, -0.1) is 0 Å². The lowest BCUT2D eigenvalue weighted by molar-refractivity contribution is 0.277. The summed E-state index contributed by atoms with van der Waals surface area (Å²) < 4.78 is 5.29. The Hall–Kier alpha value is -1.58. The van der Waals surface area contributed by atoms with Crippen molar-refractivity contribution in [1.82, 2.24) is 10.2 Å². The smallest absolute Gasteiger partial charge is 0.117 e. The molecule has 2 aromatic rings. The van der Waals surface area contributed by atoms with Crippen molar-refractivity contribution in [2.45, 2.75) is 20.0 Å². The molecule has 0 spiro atoms. The molecule has 0 bridgehead atoms. The van der Waals surface area contributed by atoms with Crippen molar-refractivity contribution in [3.05, 3.63) is 60.1 Å². The monoisotopic (exact) mass is 258 g/mol. The van der Waals surface area contributed by atoms with Gasteiger partial charge in [-0.05, 0) is 24.2 Å². The Balaban J connectivity index is 1.68. The van der Waals surface area contributed by atoms with Crippen LogP contribution in [0.1, 0.15) is 18.2 Å². The van der Waals surface area contributed by atoms with Crippen molar-refractivity contribution in [1.29, 1.82) is 0 Å². The van der Waals surface area contributed by atoms with Crippen LogP contribution in [0.5, 0.6) is 0 Å². The van der Waals surface area contributed by atoms with E-state index in [0.717, 1.165) is 38.5 Å². The Morgan fingerprint density at radius 2 is 1.95 bits per heavy atom. The van der Waals surface area contributed by atoms with Crippen LogP contribution in [0.4, 0.5) is 0 Å². The minimum atomic E-state index is 0.801. The summed E-state index contributed by atoms with van der Waals surface area (Å²) in [5.41, 5.74) is 1.37. The van der Waals surface area contributed by atoms with Gasteiger partial charge in [0.1, 0.15) is 5.76 Å². The Bertz CT molecular complexity index is 439. The molecule has 1 heterocycles. The Kier molecular flexibility index (Phi) is 5.66. The first kappa shape index (κ1) is 13.8. The third-order valence-electron chi connectivity index (χ3n) is 3.18. The molecule has 2 rings (SSSR count). The fraction of sp³-hybridized carbons (Fsp3) is 0.375. The molecular formula is C16H22N2O. The topological polar surface area (TPSA) is 28.4 Å². The number of furan rings is 1. The third-order valence-corrected chi connectivity index (χ3v) is 3.18. The summed E-state index contributed by atoms with van der Waals surface area (Å²) in [7, 11) is 0. The maximum atomic E-state index is 5.29. The summed E-state index contributed by atoms with van der Waals surface area (Å²) in [4.78, 5) is 2.43. The molecule has 0 unspecified atom stereocenters. The van der Waals surface area contributed by atoms with Gasteiger partial charge in [-0.3, -0.25) is 4.90 Å². The van der Waals surface area contributed by atoms with Crippen LogP contribution >= 0.6 is 0 Å². The number of nitrogens with zero attached hydrogens (tertiary/aromatic N) is 1. The summed E-state index contributed by atoms with van der Waals surface area (Å²) in [5.74, 6) is 0.992. The zero-order chi connectivity index (χ0) is 13.3. The van der Waals surface area contributed by atoms with Gasteiger partial charge in [0, 0.05) is 19.6 Å². The van der Waals surface area contributed by atoms with Crippen LogP contribution in [0.2, 0.25) is 0 Å². The molecule has 0 radical (unpaired) electrons. The van der Waals surface area contributed by atoms with Crippen molar-refractivity contribution in [3.8, 4) is 0 Å². The molecule has 0 fully saturated rings. The predicted molar refractivity (Wildman–Crippen MR) is 77.8 cm³/mol. The number of rotatable bonds is 8. The van der Waals surface area contributed by atoms with Gasteiger partial charge >= 0.3 is 0 Å². The van der Waals surface area contributed by atoms with Crippen LogP contribution < -0.4 is 5.32 Å². The first-order valence-electron chi connectivity index (χ1n) is 6.88. The average molecular weight is 258 g/mol. The molecule has 1 N–H and O–H groups in total. The molecule has 0 saturated carbocycles. The molecule has 0 amide bonds. The van der Waals surface area contributed by atoms with Gasteiger partial charge in [0.2, 0.25) is 0 Å². The van der Waals surface area contributed by atoms with Gasteiger partial charge in [0.15, 0.2) is 0 Å². The lowest BCUT2D eigenvalue weighted by Gasteiger charge is -2.20. The maximum Gasteiger partial charge on any atom is 0.117 e. The van der Waals surface area contributed by atoms with E-state index in [-0.39, 0.29) is 0 Å². The Morgan fingerprint density at radius 1 is 1.11 bits per heavy atom. The number of likely N-dealkylation sites (N-methyl/N-ethyl adjacent to an activating group) is 1. The maximum absolute atomic E-state index is 5.29. The van der Waals surface area contributed by atoms with Gasteiger partial charge in [-0.1, -0.05) is 37.3 Å². The first-order chi connectivity index (χ1) is 9.38. The van der Waals surface area contributed by atoms with Crippen LogP contribution in [0.25, 0.3) is 0 Å². The number of benzene rings is 1. The third kappa shape index (κ3) is 4.89. The molecule has 3 heteroatoms. The highest BCUT2D eigenvalue weighted by atomic mass is 16.3. The number of hydrogen-bond donors (Lipinski definition) is 1. The van der Waals surface area contributed by atoms with E-state index in [1.165, 1.54) is 5.56 Å². The van der Waals surface area contributed by atoms with Crippen molar-refractivity contribution >= 4 is 0 Å². The Labute approximate surface area is 115 Å². The first-order valence-corrected chi connectivity index (χ1v) is 6.88. The fourth-order valence-electron chi connectivity index (χ4n) is 2.05. The van der Waals surface area contributed by atoms with Crippen LogP contribution in [0.15, 0.2) is 53.1 Å². The second-order valence-corrected chi connectivity index (χ2v) is 4.61. The van der Waals surface area contributed by atoms with Crippen LogP contribution in [-0.4, -0.2) is 24.5 Å². The van der Waals surface area contributed by atoms with Crippen molar-refractivity contribution in [3.63, 3.8) is 0 Å². The zero-order valence-electron chi connectivity index (χ0n) is 11.5.